The summed E-state index contributed by atoms with van der Waals surface area (Å²) < 4.78 is 9.10. The Morgan fingerprint density at radius 1 is 1.10 bits per heavy atom. The van der Waals surface area contributed by atoms with Gasteiger partial charge >= 0.3 is 0 Å². The largest absolute Gasteiger partial charge is 0.420 e. The first-order valence-electron chi connectivity index (χ1n) is 9.84. The molecule has 1 aromatic carbocycles. The Balaban J connectivity index is 1.74. The van der Waals surface area contributed by atoms with E-state index in [2.05, 4.69) is 73.7 Å². The van der Waals surface area contributed by atoms with E-state index in [1.54, 1.807) is 11.8 Å². The molecular weight excluding hydrogens is 452 g/mol. The SMILES string of the molecule is CCCCn1c(SCc2nnc(-c3ccc(Br)cc3)o2)nnc1C(CC)N(C)C. The van der Waals surface area contributed by atoms with Crippen LogP contribution < -0.4 is 0 Å². The van der Waals surface area contributed by atoms with Gasteiger partial charge in [-0.3, -0.25) is 4.90 Å². The fraction of sp³-hybridized carbons (Fsp3) is 0.500. The number of halogens is 1. The van der Waals surface area contributed by atoms with Crippen LogP contribution in [0.2, 0.25) is 0 Å². The van der Waals surface area contributed by atoms with Gasteiger partial charge < -0.3 is 8.98 Å². The molecule has 2 heterocycles. The average Bonchev–Trinajstić information content (AvgIpc) is 3.33. The minimum absolute atomic E-state index is 0.251. The van der Waals surface area contributed by atoms with Crippen molar-refractivity contribution in [3.05, 3.63) is 40.5 Å². The summed E-state index contributed by atoms with van der Waals surface area (Å²) in [6, 6.07) is 8.07. The summed E-state index contributed by atoms with van der Waals surface area (Å²) in [5, 5.41) is 18.2. The van der Waals surface area contributed by atoms with Crippen LogP contribution in [-0.4, -0.2) is 44.0 Å². The molecule has 0 saturated carbocycles. The third-order valence-corrected chi connectivity index (χ3v) is 6.15. The molecule has 0 aliphatic carbocycles. The minimum atomic E-state index is 0.251. The highest BCUT2D eigenvalue weighted by Gasteiger charge is 2.22. The van der Waals surface area contributed by atoms with E-state index in [9.17, 15) is 0 Å². The number of nitrogens with zero attached hydrogens (tertiary/aromatic N) is 6. The third kappa shape index (κ3) is 5.46. The van der Waals surface area contributed by atoms with Crippen molar-refractivity contribution in [1.82, 2.24) is 29.9 Å². The zero-order valence-corrected chi connectivity index (χ0v) is 19.7. The summed E-state index contributed by atoms with van der Waals surface area (Å²) in [5.74, 6) is 2.69. The molecule has 2 aromatic heterocycles. The number of hydrogen-bond acceptors (Lipinski definition) is 7. The molecule has 0 aliphatic heterocycles. The molecular formula is C20H27BrN6OS. The van der Waals surface area contributed by atoms with Crippen molar-refractivity contribution in [2.75, 3.05) is 14.1 Å². The van der Waals surface area contributed by atoms with E-state index < -0.39 is 0 Å². The lowest BCUT2D eigenvalue weighted by atomic mass is 10.2. The molecule has 0 fully saturated rings. The fourth-order valence-corrected chi connectivity index (χ4v) is 4.18. The van der Waals surface area contributed by atoms with Gasteiger partial charge in [0, 0.05) is 16.6 Å². The van der Waals surface area contributed by atoms with Gasteiger partial charge in [0.05, 0.1) is 11.8 Å². The van der Waals surface area contributed by atoms with Crippen LogP contribution in [0.4, 0.5) is 0 Å². The summed E-state index contributed by atoms with van der Waals surface area (Å²) in [7, 11) is 4.17. The van der Waals surface area contributed by atoms with E-state index in [1.165, 1.54) is 0 Å². The second-order valence-electron chi connectivity index (χ2n) is 7.03. The lowest BCUT2D eigenvalue weighted by Crippen LogP contribution is -2.23. The molecule has 9 heteroatoms. The molecule has 0 aliphatic rings. The highest BCUT2D eigenvalue weighted by molar-refractivity contribution is 9.10. The van der Waals surface area contributed by atoms with E-state index in [-0.39, 0.29) is 6.04 Å². The first-order chi connectivity index (χ1) is 14.0. The lowest BCUT2D eigenvalue weighted by molar-refractivity contribution is 0.270. The highest BCUT2D eigenvalue weighted by atomic mass is 79.9. The maximum Gasteiger partial charge on any atom is 0.247 e. The molecule has 0 N–H and O–H groups in total. The fourth-order valence-electron chi connectivity index (χ4n) is 3.11. The highest BCUT2D eigenvalue weighted by Crippen LogP contribution is 2.28. The quantitative estimate of drug-likeness (QED) is 0.370. The molecule has 0 spiro atoms. The predicted molar refractivity (Wildman–Crippen MR) is 119 cm³/mol. The van der Waals surface area contributed by atoms with E-state index in [1.807, 2.05) is 24.3 Å². The van der Waals surface area contributed by atoms with Crippen LogP contribution in [0.25, 0.3) is 11.5 Å². The summed E-state index contributed by atoms with van der Waals surface area (Å²) >= 11 is 5.03. The van der Waals surface area contributed by atoms with Crippen LogP contribution in [0.1, 0.15) is 50.9 Å². The maximum atomic E-state index is 5.84. The molecule has 3 rings (SSSR count). The van der Waals surface area contributed by atoms with Crippen molar-refractivity contribution < 1.29 is 4.42 Å². The number of benzene rings is 1. The Kier molecular flexibility index (Phi) is 7.85. The van der Waals surface area contributed by atoms with Gasteiger partial charge in [0.25, 0.3) is 0 Å². The second-order valence-corrected chi connectivity index (χ2v) is 8.89. The summed E-state index contributed by atoms with van der Waals surface area (Å²) in [5.41, 5.74) is 0.905. The van der Waals surface area contributed by atoms with Gasteiger partial charge in [-0.2, -0.15) is 0 Å². The minimum Gasteiger partial charge on any atom is -0.420 e. The van der Waals surface area contributed by atoms with Crippen molar-refractivity contribution >= 4 is 27.7 Å². The molecule has 3 aromatic rings. The molecule has 1 unspecified atom stereocenters. The van der Waals surface area contributed by atoms with Crippen molar-refractivity contribution in [3.63, 3.8) is 0 Å². The van der Waals surface area contributed by atoms with E-state index >= 15 is 0 Å². The van der Waals surface area contributed by atoms with Gasteiger partial charge in [-0.15, -0.1) is 20.4 Å². The predicted octanol–water partition coefficient (Wildman–Crippen LogP) is 5.20. The number of rotatable bonds is 10. The molecule has 0 bridgehead atoms. The van der Waals surface area contributed by atoms with Gasteiger partial charge in [0.1, 0.15) is 0 Å². The van der Waals surface area contributed by atoms with Crippen molar-refractivity contribution in [1.29, 1.82) is 0 Å². The van der Waals surface area contributed by atoms with Crippen molar-refractivity contribution in [3.8, 4) is 11.5 Å². The molecule has 0 radical (unpaired) electrons. The normalized spacial score (nSPS) is 12.6. The molecule has 0 saturated heterocycles. The van der Waals surface area contributed by atoms with Crippen molar-refractivity contribution in [2.45, 2.75) is 56.6 Å². The Morgan fingerprint density at radius 2 is 1.86 bits per heavy atom. The summed E-state index contributed by atoms with van der Waals surface area (Å²) in [6.07, 6.45) is 3.21. The third-order valence-electron chi connectivity index (χ3n) is 4.67. The van der Waals surface area contributed by atoms with Gasteiger partial charge in [0.15, 0.2) is 11.0 Å². The van der Waals surface area contributed by atoms with Crippen LogP contribution >= 0.6 is 27.7 Å². The topological polar surface area (TPSA) is 72.9 Å². The molecule has 0 amide bonds. The van der Waals surface area contributed by atoms with Crippen LogP contribution in [-0.2, 0) is 12.3 Å². The van der Waals surface area contributed by atoms with Crippen LogP contribution in [0.3, 0.4) is 0 Å². The van der Waals surface area contributed by atoms with Crippen LogP contribution in [0.15, 0.2) is 38.3 Å². The van der Waals surface area contributed by atoms with Gasteiger partial charge in [-0.1, -0.05) is 48.0 Å². The molecule has 1 atom stereocenters. The second kappa shape index (κ2) is 10.4. The Hall–Kier alpha value is -1.71. The van der Waals surface area contributed by atoms with Crippen LogP contribution in [0, 0.1) is 0 Å². The van der Waals surface area contributed by atoms with E-state index in [0.29, 0.717) is 17.5 Å². The number of unbranched alkanes of at least 4 members (excludes halogenated alkanes) is 1. The van der Waals surface area contributed by atoms with E-state index in [0.717, 1.165) is 46.8 Å². The Morgan fingerprint density at radius 3 is 2.52 bits per heavy atom. The van der Waals surface area contributed by atoms with Gasteiger partial charge in [-0.05, 0) is 51.2 Å². The zero-order chi connectivity index (χ0) is 20.8. The number of hydrogen-bond donors (Lipinski definition) is 0. The summed E-state index contributed by atoms with van der Waals surface area (Å²) in [6.45, 7) is 5.29. The lowest BCUT2D eigenvalue weighted by Gasteiger charge is -2.23. The van der Waals surface area contributed by atoms with Gasteiger partial charge in [-0.25, -0.2) is 0 Å². The standard InChI is InChI=1S/C20H27BrN6OS/c1-5-7-12-27-18(16(6-2)26(3)4)23-25-20(27)29-13-17-22-24-19(28-17)14-8-10-15(21)11-9-14/h8-11,16H,5-7,12-13H2,1-4H3. The number of thioether (sulfide) groups is 1. The van der Waals surface area contributed by atoms with Crippen LogP contribution in [0.5, 0.6) is 0 Å². The molecule has 156 valence electrons. The molecule has 29 heavy (non-hydrogen) atoms. The summed E-state index contributed by atoms with van der Waals surface area (Å²) in [4.78, 5) is 2.20. The first kappa shape index (κ1) is 22.0. The molecule has 7 nitrogen and oxygen atoms in total. The smallest absolute Gasteiger partial charge is 0.247 e. The van der Waals surface area contributed by atoms with Gasteiger partial charge in [0.2, 0.25) is 11.8 Å². The van der Waals surface area contributed by atoms with E-state index in [4.69, 9.17) is 4.42 Å². The monoisotopic (exact) mass is 478 g/mol. The Bertz CT molecular complexity index is 908. The Labute approximate surface area is 184 Å². The zero-order valence-electron chi connectivity index (χ0n) is 17.3. The number of aromatic nitrogens is 5. The first-order valence-corrected chi connectivity index (χ1v) is 11.6. The van der Waals surface area contributed by atoms with Crippen molar-refractivity contribution in [2.24, 2.45) is 0 Å². The average molecular weight is 479 g/mol. The maximum absolute atomic E-state index is 5.84.